The highest BCUT2D eigenvalue weighted by molar-refractivity contribution is 6.09. The molecule has 0 N–H and O–H groups in total. The van der Waals surface area contributed by atoms with Crippen molar-refractivity contribution < 1.29 is 0 Å². The minimum Gasteiger partial charge on any atom is -0.0955 e. The van der Waals surface area contributed by atoms with Crippen molar-refractivity contribution in [2.45, 2.75) is 6.42 Å². The minimum atomic E-state index is 1.03. The monoisotopic (exact) mass is 166 g/mol. The van der Waals surface area contributed by atoms with Gasteiger partial charge in [-0.2, -0.15) is 0 Å². The summed E-state index contributed by atoms with van der Waals surface area (Å²) in [5.74, 6) is 0. The molecule has 0 atom stereocenters. The maximum Gasteiger partial charge on any atom is -0.00193 e. The van der Waals surface area contributed by atoms with Gasteiger partial charge in [-0.3, -0.25) is 0 Å². The Balaban J connectivity index is 2.16. The van der Waals surface area contributed by atoms with Crippen LogP contribution in [0.15, 0.2) is 48.6 Å². The summed E-state index contributed by atoms with van der Waals surface area (Å²) in [6, 6.07) is 8.58. The Hall–Kier alpha value is -1.56. The molecule has 0 aromatic heterocycles. The molecule has 62 valence electrons. The third kappa shape index (κ3) is 0.803. The normalized spacial score (nSPS) is 18.0. The summed E-state index contributed by atoms with van der Waals surface area (Å²) < 4.78 is 0. The quantitative estimate of drug-likeness (QED) is 0.554. The van der Waals surface area contributed by atoms with Crippen LogP contribution in [0.4, 0.5) is 0 Å². The van der Waals surface area contributed by atoms with Gasteiger partial charge in [-0.15, -0.1) is 0 Å². The fourth-order valence-corrected chi connectivity index (χ4v) is 2.09. The lowest BCUT2D eigenvalue weighted by molar-refractivity contribution is 1.25. The van der Waals surface area contributed by atoms with Gasteiger partial charge in [0, 0.05) is 0 Å². The first-order valence-electron chi connectivity index (χ1n) is 4.55. The second-order valence-electron chi connectivity index (χ2n) is 3.61. The van der Waals surface area contributed by atoms with Gasteiger partial charge in [0.25, 0.3) is 0 Å². The first kappa shape index (κ1) is 6.90. The van der Waals surface area contributed by atoms with E-state index in [0.717, 1.165) is 6.42 Å². The van der Waals surface area contributed by atoms with Crippen LogP contribution in [0.5, 0.6) is 0 Å². The Morgan fingerprint density at radius 3 is 2.62 bits per heavy atom. The highest BCUT2D eigenvalue weighted by Crippen LogP contribution is 2.46. The van der Waals surface area contributed by atoms with Crippen LogP contribution in [0, 0.1) is 0 Å². The van der Waals surface area contributed by atoms with E-state index in [-0.39, 0.29) is 0 Å². The first-order chi connectivity index (χ1) is 6.36. The number of hydrogen-bond acceptors (Lipinski definition) is 0. The van der Waals surface area contributed by atoms with Crippen LogP contribution in [0.1, 0.15) is 17.5 Å². The zero-order valence-electron chi connectivity index (χ0n) is 7.38. The van der Waals surface area contributed by atoms with E-state index in [0.29, 0.717) is 0 Å². The molecule has 0 bridgehead atoms. The summed E-state index contributed by atoms with van der Waals surface area (Å²) in [5, 5.41) is 0. The molecule has 0 heterocycles. The second-order valence-corrected chi connectivity index (χ2v) is 3.61. The Morgan fingerprint density at radius 1 is 1.00 bits per heavy atom. The van der Waals surface area contributed by atoms with Gasteiger partial charge in [0.1, 0.15) is 0 Å². The van der Waals surface area contributed by atoms with Crippen LogP contribution < -0.4 is 0 Å². The first-order valence-corrected chi connectivity index (χ1v) is 4.55. The van der Waals surface area contributed by atoms with Crippen molar-refractivity contribution in [1.82, 2.24) is 0 Å². The third-order valence-electron chi connectivity index (χ3n) is 2.76. The largest absolute Gasteiger partial charge is 0.0955 e. The van der Waals surface area contributed by atoms with Gasteiger partial charge in [-0.05, 0) is 28.7 Å². The number of allylic oxidation sites excluding steroid dienone is 5. The lowest BCUT2D eigenvalue weighted by Gasteiger charge is -2.29. The van der Waals surface area contributed by atoms with E-state index in [1.807, 2.05) is 0 Å². The van der Waals surface area contributed by atoms with Crippen molar-refractivity contribution in [1.29, 1.82) is 0 Å². The summed E-state index contributed by atoms with van der Waals surface area (Å²) in [7, 11) is 0. The van der Waals surface area contributed by atoms with Crippen LogP contribution in [0.2, 0.25) is 0 Å². The van der Waals surface area contributed by atoms with Gasteiger partial charge < -0.3 is 0 Å². The summed E-state index contributed by atoms with van der Waals surface area (Å²) in [6.45, 7) is 3.98. The molecule has 0 unspecified atom stereocenters. The SMILES string of the molecule is C=C1C=CC2=C(C1)c1ccccc12. The molecule has 3 rings (SSSR count). The zero-order chi connectivity index (χ0) is 8.84. The van der Waals surface area contributed by atoms with Gasteiger partial charge in [0.05, 0.1) is 0 Å². The maximum atomic E-state index is 3.98. The standard InChI is InChI=1S/C13H10/c1-9-6-7-12-10-4-2-3-5-11(10)13(12)8-9/h2-7H,1,8H2. The predicted octanol–water partition coefficient (Wildman–Crippen LogP) is 3.43. The smallest absolute Gasteiger partial charge is 0.00193 e. The molecule has 0 fully saturated rings. The van der Waals surface area contributed by atoms with Crippen molar-refractivity contribution in [2.75, 3.05) is 0 Å². The second kappa shape index (κ2) is 2.23. The van der Waals surface area contributed by atoms with Gasteiger partial charge in [0.15, 0.2) is 0 Å². The Morgan fingerprint density at radius 2 is 1.77 bits per heavy atom. The number of benzene rings is 1. The maximum absolute atomic E-state index is 3.98. The molecule has 0 saturated heterocycles. The van der Waals surface area contributed by atoms with Crippen molar-refractivity contribution in [3.63, 3.8) is 0 Å². The molecule has 13 heavy (non-hydrogen) atoms. The molecule has 2 aliphatic rings. The summed E-state index contributed by atoms with van der Waals surface area (Å²) in [4.78, 5) is 0. The molecule has 0 nitrogen and oxygen atoms in total. The van der Waals surface area contributed by atoms with E-state index >= 15 is 0 Å². The molecule has 2 aliphatic carbocycles. The van der Waals surface area contributed by atoms with Crippen molar-refractivity contribution >= 4 is 11.1 Å². The zero-order valence-corrected chi connectivity index (χ0v) is 7.38. The Bertz CT molecular complexity index is 459. The van der Waals surface area contributed by atoms with E-state index in [1.54, 1.807) is 0 Å². The van der Waals surface area contributed by atoms with E-state index < -0.39 is 0 Å². The van der Waals surface area contributed by atoms with Gasteiger partial charge >= 0.3 is 0 Å². The number of rotatable bonds is 0. The van der Waals surface area contributed by atoms with Crippen LogP contribution in [0.3, 0.4) is 0 Å². The van der Waals surface area contributed by atoms with Gasteiger partial charge in [-0.25, -0.2) is 0 Å². The molecule has 0 heteroatoms. The van der Waals surface area contributed by atoms with Gasteiger partial charge in [0.2, 0.25) is 0 Å². The number of fused-ring (bicyclic) bond motifs is 3. The Kier molecular flexibility index (Phi) is 1.18. The predicted molar refractivity (Wildman–Crippen MR) is 56.2 cm³/mol. The van der Waals surface area contributed by atoms with E-state index in [9.17, 15) is 0 Å². The fraction of sp³-hybridized carbons (Fsp3) is 0.0769. The minimum absolute atomic E-state index is 1.03. The lowest BCUT2D eigenvalue weighted by Crippen LogP contribution is -2.07. The summed E-state index contributed by atoms with van der Waals surface area (Å²) >= 11 is 0. The third-order valence-corrected chi connectivity index (χ3v) is 2.76. The van der Waals surface area contributed by atoms with Crippen LogP contribution in [0.25, 0.3) is 11.1 Å². The van der Waals surface area contributed by atoms with Crippen molar-refractivity contribution in [3.8, 4) is 0 Å². The van der Waals surface area contributed by atoms with Crippen LogP contribution in [-0.2, 0) is 0 Å². The molecule has 0 spiro atoms. The molecule has 0 saturated carbocycles. The molecule has 1 aromatic carbocycles. The van der Waals surface area contributed by atoms with Crippen LogP contribution >= 0.6 is 0 Å². The summed E-state index contributed by atoms with van der Waals surface area (Å²) in [5.41, 5.74) is 6.93. The highest BCUT2D eigenvalue weighted by Gasteiger charge is 2.25. The lowest BCUT2D eigenvalue weighted by atomic mass is 9.75. The molecular weight excluding hydrogens is 156 g/mol. The van der Waals surface area contributed by atoms with E-state index in [1.165, 1.54) is 27.8 Å². The topological polar surface area (TPSA) is 0 Å². The molecular formula is C13H10. The molecule has 0 amide bonds. The fourth-order valence-electron chi connectivity index (χ4n) is 2.09. The molecule has 1 aromatic rings. The molecule has 0 aliphatic heterocycles. The van der Waals surface area contributed by atoms with Crippen LogP contribution in [-0.4, -0.2) is 0 Å². The van der Waals surface area contributed by atoms with Gasteiger partial charge in [-0.1, -0.05) is 48.6 Å². The highest BCUT2D eigenvalue weighted by atomic mass is 14.3. The average Bonchev–Trinajstić information content (AvgIpc) is 2.15. The van der Waals surface area contributed by atoms with Crippen molar-refractivity contribution in [2.24, 2.45) is 0 Å². The Labute approximate surface area is 77.9 Å². The van der Waals surface area contributed by atoms with E-state index in [2.05, 4.69) is 43.0 Å². The number of hydrogen-bond donors (Lipinski definition) is 0. The average molecular weight is 166 g/mol. The van der Waals surface area contributed by atoms with Crippen molar-refractivity contribution in [3.05, 3.63) is 59.7 Å². The van der Waals surface area contributed by atoms with E-state index in [4.69, 9.17) is 0 Å². The summed E-state index contributed by atoms with van der Waals surface area (Å²) in [6.07, 6.45) is 5.33. The molecule has 0 radical (unpaired) electrons.